The second kappa shape index (κ2) is 21.1. The van der Waals surface area contributed by atoms with E-state index in [9.17, 15) is 61.3 Å². The number of aliphatic hydroxyl groups excluding tert-OH is 12. The molecule has 414 valence electrons. The topological polar surface area (TPSA) is 335 Å². The van der Waals surface area contributed by atoms with Crippen molar-refractivity contribution in [2.45, 2.75) is 227 Å². The molecule has 6 saturated heterocycles. The summed E-state index contributed by atoms with van der Waals surface area (Å²) in [6, 6.07) is 0. The fraction of sp³-hybridized carbons (Fsp3) is 1.00. The van der Waals surface area contributed by atoms with Gasteiger partial charge in [-0.3, -0.25) is 0 Å². The Kier molecular flexibility index (Phi) is 15.9. The zero-order valence-electron chi connectivity index (χ0n) is 41.7. The second-order valence-electron chi connectivity index (χ2n) is 23.9. The van der Waals surface area contributed by atoms with Crippen LogP contribution < -0.4 is 0 Å². The number of hydrogen-bond acceptors (Lipinski definition) is 22. The molecule has 0 aromatic rings. The highest BCUT2D eigenvalue weighted by Gasteiger charge is 2.69. The van der Waals surface area contributed by atoms with Crippen molar-refractivity contribution in [1.29, 1.82) is 0 Å². The highest BCUT2D eigenvalue weighted by molar-refractivity contribution is 5.15. The average molecular weight is 1040 g/mol. The zero-order chi connectivity index (χ0) is 51.3. The van der Waals surface area contributed by atoms with Crippen molar-refractivity contribution < 1.29 is 109 Å². The average Bonchev–Trinajstić information content (AvgIpc) is 3.82. The maximum absolute atomic E-state index is 11.8. The summed E-state index contributed by atoms with van der Waals surface area (Å²) in [7, 11) is 0. The Morgan fingerprint density at radius 1 is 0.514 bits per heavy atom. The summed E-state index contributed by atoms with van der Waals surface area (Å²) in [6.45, 7) is 7.42. The summed E-state index contributed by atoms with van der Waals surface area (Å²) in [4.78, 5) is 0. The van der Waals surface area contributed by atoms with Crippen LogP contribution in [0.15, 0.2) is 0 Å². The van der Waals surface area contributed by atoms with Crippen molar-refractivity contribution in [3.63, 3.8) is 0 Å². The molecule has 72 heavy (non-hydrogen) atoms. The Balaban J connectivity index is 0.812. The van der Waals surface area contributed by atoms with Gasteiger partial charge in [0.05, 0.1) is 45.2 Å². The van der Waals surface area contributed by atoms with Crippen molar-refractivity contribution in [3.05, 3.63) is 0 Å². The van der Waals surface area contributed by atoms with Gasteiger partial charge >= 0.3 is 0 Å². The molecular weight excluding hydrogens is 953 g/mol. The molecule has 10 unspecified atom stereocenters. The molecule has 0 radical (unpaired) electrons. The lowest BCUT2D eigenvalue weighted by molar-refractivity contribution is -0.404. The van der Waals surface area contributed by atoms with E-state index in [1.165, 1.54) is 12.8 Å². The summed E-state index contributed by atoms with van der Waals surface area (Å²) >= 11 is 0. The van der Waals surface area contributed by atoms with Crippen LogP contribution in [0.4, 0.5) is 0 Å². The zero-order valence-corrected chi connectivity index (χ0v) is 41.7. The van der Waals surface area contributed by atoms with Gasteiger partial charge in [-0.2, -0.15) is 0 Å². The van der Waals surface area contributed by atoms with E-state index in [4.69, 9.17) is 47.4 Å². The Labute approximate surface area is 419 Å². The van der Waals surface area contributed by atoms with Crippen LogP contribution in [0.2, 0.25) is 0 Å². The molecule has 22 heteroatoms. The van der Waals surface area contributed by atoms with Crippen LogP contribution in [0, 0.1) is 52.3 Å². The second-order valence-corrected chi connectivity index (χ2v) is 23.9. The first kappa shape index (κ1) is 54.5. The SMILES string of the molecule is CC1CCC2(OC1)OC1CC3C4CCC5CC(O[C@@H]6O[C@H](CO)[C@@H](O[C@@H]7O[C@H](CO)[C@@H](O)[C@@H](O[C@@H]8OC[C@@H](O)[C@@H](O)[C@H]8O)[C@H]7O[C@@H]7O[C@H](CO)[C@@H](O)[C@@H](O)[C@H]7O)[C@@H](O)[C@H]6O)CC[C@]5(C)C4CC[C@]3(C)C1C2C. The molecular formula is C50H82O22. The van der Waals surface area contributed by atoms with Gasteiger partial charge in [0.1, 0.15) is 91.6 Å². The highest BCUT2D eigenvalue weighted by atomic mass is 16.8. The normalized spacial score (nSPS) is 57.8. The largest absolute Gasteiger partial charge is 0.394 e. The van der Waals surface area contributed by atoms with Crippen LogP contribution in [0.3, 0.4) is 0 Å². The van der Waals surface area contributed by atoms with Crippen molar-refractivity contribution in [3.8, 4) is 0 Å². The van der Waals surface area contributed by atoms with Crippen LogP contribution in [-0.4, -0.2) is 229 Å². The Bertz CT molecular complexity index is 1830. The molecule has 1 spiro atoms. The lowest BCUT2D eigenvalue weighted by Crippen LogP contribution is -2.68. The molecule has 10 aliphatic rings. The number of fused-ring (bicyclic) bond motifs is 7. The van der Waals surface area contributed by atoms with Crippen molar-refractivity contribution in [1.82, 2.24) is 0 Å². The van der Waals surface area contributed by atoms with E-state index in [1.54, 1.807) is 0 Å². The molecule has 22 nitrogen and oxygen atoms in total. The van der Waals surface area contributed by atoms with Gasteiger partial charge in [0.25, 0.3) is 0 Å². The minimum absolute atomic E-state index is 0.0916. The van der Waals surface area contributed by atoms with Gasteiger partial charge < -0.3 is 109 Å². The Hall–Kier alpha value is -0.880. The molecule has 10 fully saturated rings. The first-order chi connectivity index (χ1) is 34.3. The molecule has 6 aliphatic heterocycles. The maximum atomic E-state index is 11.8. The molecule has 4 saturated carbocycles. The Morgan fingerprint density at radius 3 is 1.85 bits per heavy atom. The summed E-state index contributed by atoms with van der Waals surface area (Å²) < 4.78 is 61.4. The van der Waals surface area contributed by atoms with Gasteiger partial charge in [0.2, 0.25) is 0 Å². The van der Waals surface area contributed by atoms with E-state index in [0.29, 0.717) is 47.8 Å². The summed E-state index contributed by atoms with van der Waals surface area (Å²) in [6.07, 6.45) is -22.9. The third kappa shape index (κ3) is 9.26. The maximum Gasteiger partial charge on any atom is 0.187 e. The standard InChI is InChI=1S/C50H82O22/c1-20-7-12-50(64-18-20)21(2)32-28(72-50)14-26-24-6-5-22-13-23(8-10-48(22,3)25(24)9-11-49(26,32)4)65-45-40(62)37(59)41(31(17-53)68-45)69-47-43(71-46-39(61)36(58)34(56)29(15-51)66-46)42(35(57)30(16-52)67-47)70-44-38(60)33(55)27(54)19-63-44/h20-47,51-62H,5-19H2,1-4H3/t20?,21?,22?,23?,24?,25?,26?,27-,28?,29-,30-,31-,32?,33-,34-,35-,36-,37+,38-,39-,40-,41-,42-,43-,44+,45-,46+,47+,48+,49+,50?/m1/s1. The van der Waals surface area contributed by atoms with Gasteiger partial charge in [0.15, 0.2) is 30.9 Å². The third-order valence-corrected chi connectivity index (χ3v) is 20.0. The first-order valence-electron chi connectivity index (χ1n) is 26.7. The predicted molar refractivity (Wildman–Crippen MR) is 242 cm³/mol. The van der Waals surface area contributed by atoms with Crippen LogP contribution in [0.5, 0.6) is 0 Å². The highest BCUT2D eigenvalue weighted by Crippen LogP contribution is 2.71. The van der Waals surface area contributed by atoms with E-state index in [-0.39, 0.29) is 23.0 Å². The first-order valence-corrected chi connectivity index (χ1v) is 26.7. The van der Waals surface area contributed by atoms with Crippen molar-refractivity contribution in [2.75, 3.05) is 33.0 Å². The molecule has 0 aromatic heterocycles. The molecule has 0 amide bonds. The fourth-order valence-electron chi connectivity index (χ4n) is 15.9. The summed E-state index contributed by atoms with van der Waals surface area (Å²) in [5, 5.41) is 129. The molecule has 10 rings (SSSR count). The molecule has 31 atom stereocenters. The van der Waals surface area contributed by atoms with Crippen molar-refractivity contribution >= 4 is 0 Å². The van der Waals surface area contributed by atoms with Gasteiger partial charge in [-0.1, -0.05) is 27.7 Å². The monoisotopic (exact) mass is 1030 g/mol. The number of aliphatic hydroxyl groups is 12. The lowest BCUT2D eigenvalue weighted by atomic mass is 9.44. The third-order valence-electron chi connectivity index (χ3n) is 20.0. The van der Waals surface area contributed by atoms with Gasteiger partial charge in [0, 0.05) is 12.3 Å². The number of rotatable bonds is 11. The van der Waals surface area contributed by atoms with Gasteiger partial charge in [-0.05, 0) is 104 Å². The van der Waals surface area contributed by atoms with Crippen LogP contribution in [0.1, 0.15) is 91.9 Å². The fourth-order valence-corrected chi connectivity index (χ4v) is 15.9. The summed E-state index contributed by atoms with van der Waals surface area (Å²) in [5.74, 6) is 3.06. The smallest absolute Gasteiger partial charge is 0.187 e. The summed E-state index contributed by atoms with van der Waals surface area (Å²) in [5.41, 5.74) is 0.293. The molecule has 4 aliphatic carbocycles. The number of ether oxygens (including phenoxy) is 10. The number of hydrogen-bond donors (Lipinski definition) is 12. The molecule has 0 aromatic carbocycles. The Morgan fingerprint density at radius 2 is 1.14 bits per heavy atom. The van der Waals surface area contributed by atoms with Crippen molar-refractivity contribution in [2.24, 2.45) is 52.3 Å². The molecule has 12 N–H and O–H groups in total. The molecule has 0 bridgehead atoms. The van der Waals surface area contributed by atoms with Gasteiger partial charge in [-0.25, -0.2) is 0 Å². The van der Waals surface area contributed by atoms with E-state index in [2.05, 4.69) is 27.7 Å². The molecule has 6 heterocycles. The van der Waals surface area contributed by atoms with E-state index >= 15 is 0 Å². The minimum Gasteiger partial charge on any atom is -0.394 e. The van der Waals surface area contributed by atoms with E-state index in [0.717, 1.165) is 51.6 Å². The van der Waals surface area contributed by atoms with E-state index < -0.39 is 149 Å². The van der Waals surface area contributed by atoms with Crippen LogP contribution in [0.25, 0.3) is 0 Å². The minimum atomic E-state index is -2.00. The lowest BCUT2D eigenvalue weighted by Gasteiger charge is -2.61. The van der Waals surface area contributed by atoms with Crippen LogP contribution >= 0.6 is 0 Å². The quantitative estimate of drug-likeness (QED) is 0.0971. The predicted octanol–water partition coefficient (Wildman–Crippen LogP) is -2.27. The van der Waals surface area contributed by atoms with Gasteiger partial charge in [-0.15, -0.1) is 0 Å². The van der Waals surface area contributed by atoms with E-state index in [1.807, 2.05) is 0 Å². The van der Waals surface area contributed by atoms with Crippen LogP contribution in [-0.2, 0) is 47.4 Å².